The molecule has 3 rings (SSSR count). The van der Waals surface area contributed by atoms with Gasteiger partial charge in [0.1, 0.15) is 5.75 Å². The first kappa shape index (κ1) is 27.9. The number of hydrogen-bond donors (Lipinski definition) is 1. The molecule has 1 heterocycles. The van der Waals surface area contributed by atoms with E-state index in [1.165, 1.54) is 29.7 Å². The van der Waals surface area contributed by atoms with Crippen molar-refractivity contribution >= 4 is 15.7 Å². The maximum atomic E-state index is 13.1. The van der Waals surface area contributed by atoms with E-state index in [9.17, 15) is 13.2 Å². The highest BCUT2D eigenvalue weighted by Crippen LogP contribution is 2.35. The summed E-state index contributed by atoms with van der Waals surface area (Å²) in [5, 5.41) is 0. The van der Waals surface area contributed by atoms with E-state index in [-0.39, 0.29) is 31.0 Å². The van der Waals surface area contributed by atoms with Gasteiger partial charge >= 0.3 is 0 Å². The zero-order chi connectivity index (χ0) is 25.2. The maximum Gasteiger partial charge on any atom is 0.239 e. The molecule has 1 aliphatic rings. The van der Waals surface area contributed by atoms with E-state index >= 15 is 0 Å². The lowest BCUT2D eigenvalue weighted by Gasteiger charge is -2.33. The molecular formula is C27H39NO5S. The van der Waals surface area contributed by atoms with Gasteiger partial charge in [-0.2, -0.15) is 0 Å². The highest BCUT2D eigenvalue weighted by atomic mass is 32.2. The number of ether oxygens (including phenoxy) is 2. The van der Waals surface area contributed by atoms with Crippen molar-refractivity contribution in [3.8, 4) is 5.75 Å². The standard InChI is InChI=1S/C22H27NO5S.C5H12/c1-17-4-2-5-18(16-17)6-3-13-28-19-7-9-20(10-8-19)29(25,26)22(21(23)24)11-14-27-15-12-22;1-4-5(2)3/h2,4-5,7-10,16H,3,6,11-15H2,1H3,(H2,23,24);5H,4H2,1-3H3. The van der Waals surface area contributed by atoms with Crippen LogP contribution in [0.3, 0.4) is 0 Å². The van der Waals surface area contributed by atoms with Gasteiger partial charge in [-0.3, -0.25) is 4.79 Å². The number of hydrogen-bond acceptors (Lipinski definition) is 5. The fraction of sp³-hybridized carbons (Fsp3) is 0.519. The summed E-state index contributed by atoms with van der Waals surface area (Å²) in [6, 6.07) is 14.6. The number of amides is 1. The fourth-order valence-corrected chi connectivity index (χ4v) is 5.54. The van der Waals surface area contributed by atoms with Crippen LogP contribution in [0.2, 0.25) is 0 Å². The highest BCUT2D eigenvalue weighted by Gasteiger charge is 2.51. The summed E-state index contributed by atoms with van der Waals surface area (Å²) in [5.74, 6) is 0.653. The minimum atomic E-state index is -3.92. The Balaban J connectivity index is 0.000000739. The van der Waals surface area contributed by atoms with Gasteiger partial charge in [0.15, 0.2) is 14.6 Å². The van der Waals surface area contributed by atoms with Gasteiger partial charge < -0.3 is 15.2 Å². The van der Waals surface area contributed by atoms with Crippen LogP contribution in [-0.2, 0) is 25.8 Å². The highest BCUT2D eigenvalue weighted by molar-refractivity contribution is 7.93. The van der Waals surface area contributed by atoms with E-state index in [4.69, 9.17) is 15.2 Å². The molecule has 6 nitrogen and oxygen atoms in total. The minimum absolute atomic E-state index is 0.0713. The van der Waals surface area contributed by atoms with Crippen molar-refractivity contribution < 1.29 is 22.7 Å². The Morgan fingerprint density at radius 3 is 2.26 bits per heavy atom. The molecular weight excluding hydrogens is 450 g/mol. The van der Waals surface area contributed by atoms with E-state index in [2.05, 4.69) is 45.9 Å². The van der Waals surface area contributed by atoms with Crippen LogP contribution in [0.1, 0.15) is 57.6 Å². The fourth-order valence-electron chi connectivity index (χ4n) is 3.62. The van der Waals surface area contributed by atoms with Crippen molar-refractivity contribution in [1.82, 2.24) is 0 Å². The summed E-state index contributed by atoms with van der Waals surface area (Å²) in [6.07, 6.45) is 3.22. The third-order valence-corrected chi connectivity index (χ3v) is 8.71. The van der Waals surface area contributed by atoms with Crippen molar-refractivity contribution in [2.75, 3.05) is 19.8 Å². The number of aryl methyl sites for hydroxylation is 2. The van der Waals surface area contributed by atoms with Gasteiger partial charge in [0, 0.05) is 13.2 Å². The van der Waals surface area contributed by atoms with Crippen molar-refractivity contribution in [1.29, 1.82) is 0 Å². The van der Waals surface area contributed by atoms with Crippen molar-refractivity contribution in [2.24, 2.45) is 11.7 Å². The maximum absolute atomic E-state index is 13.1. The second kappa shape index (κ2) is 12.9. The number of rotatable bonds is 9. The van der Waals surface area contributed by atoms with Crippen molar-refractivity contribution in [3.05, 3.63) is 59.7 Å². The molecule has 2 aromatic carbocycles. The second-order valence-corrected chi connectivity index (χ2v) is 11.4. The molecule has 1 fully saturated rings. The number of benzene rings is 2. The molecule has 0 radical (unpaired) electrons. The zero-order valence-corrected chi connectivity index (χ0v) is 21.7. The van der Waals surface area contributed by atoms with Gasteiger partial charge in [0.25, 0.3) is 0 Å². The van der Waals surface area contributed by atoms with Gasteiger partial charge in [-0.15, -0.1) is 0 Å². The molecule has 7 heteroatoms. The van der Waals surface area contributed by atoms with E-state index < -0.39 is 20.5 Å². The summed E-state index contributed by atoms with van der Waals surface area (Å²) < 4.78 is 35.6. The average molecular weight is 490 g/mol. The van der Waals surface area contributed by atoms with Gasteiger partial charge in [-0.05, 0) is 68.4 Å². The summed E-state index contributed by atoms with van der Waals surface area (Å²) in [5.41, 5.74) is 8.00. The van der Waals surface area contributed by atoms with Crippen molar-refractivity contribution in [2.45, 2.75) is 69.4 Å². The van der Waals surface area contributed by atoms with Crippen LogP contribution in [0, 0.1) is 12.8 Å². The Kier molecular flexibility index (Phi) is 10.6. The SMILES string of the molecule is CCC(C)C.Cc1cccc(CCCOc2ccc(S(=O)(=O)C3(C(N)=O)CCOCC3)cc2)c1. The van der Waals surface area contributed by atoms with Crippen LogP contribution in [0.25, 0.3) is 0 Å². The third kappa shape index (κ3) is 7.31. The Morgan fingerprint density at radius 1 is 1.12 bits per heavy atom. The quantitative estimate of drug-likeness (QED) is 0.507. The molecule has 0 aliphatic carbocycles. The zero-order valence-electron chi connectivity index (χ0n) is 20.9. The summed E-state index contributed by atoms with van der Waals surface area (Å²) in [7, 11) is -3.92. The van der Waals surface area contributed by atoms with Gasteiger partial charge in [0.05, 0.1) is 11.5 Å². The number of sulfone groups is 1. The molecule has 2 aromatic rings. The van der Waals surface area contributed by atoms with E-state index in [0.717, 1.165) is 18.8 Å². The molecule has 0 spiro atoms. The normalized spacial score (nSPS) is 15.3. The molecule has 0 unspecified atom stereocenters. The van der Waals surface area contributed by atoms with Crippen molar-refractivity contribution in [3.63, 3.8) is 0 Å². The Bertz CT molecular complexity index is 1010. The second-order valence-electron chi connectivity index (χ2n) is 9.19. The minimum Gasteiger partial charge on any atom is -0.494 e. The van der Waals surface area contributed by atoms with Crippen LogP contribution in [0.5, 0.6) is 5.75 Å². The molecule has 0 saturated carbocycles. The van der Waals surface area contributed by atoms with Crippen LogP contribution >= 0.6 is 0 Å². The Morgan fingerprint density at radius 2 is 1.74 bits per heavy atom. The first-order valence-corrected chi connectivity index (χ1v) is 13.5. The molecule has 34 heavy (non-hydrogen) atoms. The Hall–Kier alpha value is -2.38. The smallest absolute Gasteiger partial charge is 0.239 e. The summed E-state index contributed by atoms with van der Waals surface area (Å²) in [6.45, 7) is 9.64. The van der Waals surface area contributed by atoms with Gasteiger partial charge in [0.2, 0.25) is 5.91 Å². The Labute approximate surface area is 204 Å². The van der Waals surface area contributed by atoms with Crippen LogP contribution < -0.4 is 10.5 Å². The lowest BCUT2D eigenvalue weighted by Crippen LogP contribution is -2.53. The van der Waals surface area contributed by atoms with Gasteiger partial charge in [-0.25, -0.2) is 8.42 Å². The number of primary amides is 1. The monoisotopic (exact) mass is 489 g/mol. The van der Waals surface area contributed by atoms with E-state index in [0.29, 0.717) is 12.4 Å². The van der Waals surface area contributed by atoms with E-state index in [1.807, 2.05) is 6.07 Å². The molecule has 0 bridgehead atoms. The number of carbonyl (C=O) groups is 1. The number of carbonyl (C=O) groups excluding carboxylic acids is 1. The first-order chi connectivity index (χ1) is 16.1. The van der Waals surface area contributed by atoms with Crippen LogP contribution in [0.4, 0.5) is 0 Å². The average Bonchev–Trinajstić information content (AvgIpc) is 2.83. The molecule has 1 saturated heterocycles. The predicted molar refractivity (Wildman–Crippen MR) is 136 cm³/mol. The van der Waals surface area contributed by atoms with Gasteiger partial charge in [-0.1, -0.05) is 57.0 Å². The molecule has 188 valence electrons. The molecule has 1 amide bonds. The molecule has 1 aliphatic heterocycles. The topological polar surface area (TPSA) is 95.7 Å². The van der Waals surface area contributed by atoms with Crippen LogP contribution in [0.15, 0.2) is 53.4 Å². The molecule has 0 aromatic heterocycles. The first-order valence-electron chi connectivity index (χ1n) is 12.0. The summed E-state index contributed by atoms with van der Waals surface area (Å²) >= 11 is 0. The number of nitrogens with two attached hydrogens (primary N) is 1. The third-order valence-electron chi connectivity index (χ3n) is 6.18. The lowest BCUT2D eigenvalue weighted by atomic mass is 9.98. The van der Waals surface area contributed by atoms with Crippen LogP contribution in [-0.4, -0.2) is 38.9 Å². The molecule has 0 atom stereocenters. The predicted octanol–water partition coefficient (Wildman–Crippen LogP) is 4.87. The molecule has 2 N–H and O–H groups in total. The lowest BCUT2D eigenvalue weighted by molar-refractivity contribution is -0.122. The van der Waals surface area contributed by atoms with E-state index in [1.54, 1.807) is 12.1 Å². The summed E-state index contributed by atoms with van der Waals surface area (Å²) in [4.78, 5) is 12.1. The largest absolute Gasteiger partial charge is 0.494 e.